The van der Waals surface area contributed by atoms with Crippen molar-refractivity contribution in [1.29, 1.82) is 0 Å². The quantitative estimate of drug-likeness (QED) is 0.616. The van der Waals surface area contributed by atoms with E-state index >= 15 is 0 Å². The van der Waals surface area contributed by atoms with E-state index in [2.05, 4.69) is 28.5 Å². The van der Waals surface area contributed by atoms with Crippen LogP contribution in [-0.4, -0.2) is 32.1 Å². The zero-order valence-corrected chi connectivity index (χ0v) is 16.9. The van der Waals surface area contributed by atoms with Crippen LogP contribution in [0, 0.1) is 5.92 Å². The van der Waals surface area contributed by atoms with Gasteiger partial charge in [-0.2, -0.15) is 0 Å². The molecule has 1 N–H and O–H groups in total. The third kappa shape index (κ3) is 4.51. The Balaban J connectivity index is 1.96. The van der Waals surface area contributed by atoms with Crippen molar-refractivity contribution in [1.82, 2.24) is 9.97 Å². The van der Waals surface area contributed by atoms with Crippen LogP contribution in [0.15, 0.2) is 53.4 Å². The second-order valence-corrected chi connectivity index (χ2v) is 8.15. The summed E-state index contributed by atoms with van der Waals surface area (Å²) in [6.45, 7) is 4.53. The number of methoxy groups -OCH3 is 1. The highest BCUT2D eigenvalue weighted by Crippen LogP contribution is 2.27. The molecule has 0 spiro atoms. The van der Waals surface area contributed by atoms with E-state index < -0.39 is 10.0 Å². The topological polar surface area (TPSA) is 90.4 Å². The fourth-order valence-corrected chi connectivity index (χ4v) is 3.43. The molecule has 0 radical (unpaired) electrons. The smallest absolute Gasteiger partial charge is 0.263 e. The summed E-state index contributed by atoms with van der Waals surface area (Å²) >= 11 is 0. The Hall–Kier alpha value is -2.87. The molecule has 3 aromatic rings. The third-order valence-corrected chi connectivity index (χ3v) is 5.70. The predicted octanol–water partition coefficient (Wildman–Crippen LogP) is 3.86. The van der Waals surface area contributed by atoms with Crippen molar-refractivity contribution in [2.24, 2.45) is 5.92 Å². The van der Waals surface area contributed by atoms with Gasteiger partial charge in [0.15, 0.2) is 0 Å². The molecule has 1 aromatic heterocycles. The Morgan fingerprint density at radius 1 is 1.04 bits per heavy atom. The molecule has 0 aliphatic carbocycles. The number of sulfonamides is 1. The van der Waals surface area contributed by atoms with Crippen LogP contribution in [0.5, 0.6) is 11.6 Å². The van der Waals surface area contributed by atoms with E-state index in [4.69, 9.17) is 9.47 Å². The zero-order chi connectivity index (χ0) is 20.1. The molecule has 0 amide bonds. The van der Waals surface area contributed by atoms with Gasteiger partial charge < -0.3 is 9.47 Å². The molecule has 0 saturated carbocycles. The van der Waals surface area contributed by atoms with Gasteiger partial charge in [0.1, 0.15) is 5.75 Å². The third-order valence-electron chi connectivity index (χ3n) is 4.34. The lowest BCUT2D eigenvalue weighted by Gasteiger charge is -2.15. The minimum absolute atomic E-state index is 0.0674. The van der Waals surface area contributed by atoms with E-state index in [-0.39, 0.29) is 16.6 Å². The van der Waals surface area contributed by atoms with E-state index in [0.29, 0.717) is 29.3 Å². The lowest BCUT2D eigenvalue weighted by Crippen LogP contribution is -2.17. The van der Waals surface area contributed by atoms with E-state index in [1.54, 1.807) is 24.3 Å². The first kappa shape index (κ1) is 19.9. The van der Waals surface area contributed by atoms with Gasteiger partial charge in [-0.15, -0.1) is 0 Å². The molecule has 0 aliphatic heterocycles. The summed E-state index contributed by atoms with van der Waals surface area (Å²) in [4.78, 5) is 8.97. The highest BCUT2D eigenvalue weighted by Gasteiger charge is 2.20. The van der Waals surface area contributed by atoms with Crippen molar-refractivity contribution in [2.45, 2.75) is 25.2 Å². The van der Waals surface area contributed by atoms with Crippen molar-refractivity contribution < 1.29 is 17.9 Å². The number of hydrogen-bond acceptors (Lipinski definition) is 6. The first-order chi connectivity index (χ1) is 13.4. The van der Waals surface area contributed by atoms with Gasteiger partial charge >= 0.3 is 0 Å². The molecule has 0 aliphatic rings. The SMILES string of the molecule is CCC(C)COc1nc2ccccc2nc1NS(=O)(=O)c1ccc(OC)cc1. The van der Waals surface area contributed by atoms with Crippen molar-refractivity contribution in [2.75, 3.05) is 18.4 Å². The number of anilines is 1. The fourth-order valence-electron chi connectivity index (χ4n) is 2.43. The van der Waals surface area contributed by atoms with Gasteiger partial charge in [-0.1, -0.05) is 32.4 Å². The summed E-state index contributed by atoms with van der Waals surface area (Å²) in [5.74, 6) is 1.11. The minimum Gasteiger partial charge on any atom is -0.497 e. The van der Waals surface area contributed by atoms with Crippen LogP contribution in [0.25, 0.3) is 11.0 Å². The summed E-state index contributed by atoms with van der Waals surface area (Å²) in [5, 5.41) is 0. The molecule has 8 heteroatoms. The fraction of sp³-hybridized carbons (Fsp3) is 0.300. The normalized spacial score (nSPS) is 12.5. The molecule has 7 nitrogen and oxygen atoms in total. The van der Waals surface area contributed by atoms with E-state index in [0.717, 1.165) is 6.42 Å². The van der Waals surface area contributed by atoms with Crippen LogP contribution >= 0.6 is 0 Å². The Morgan fingerprint density at radius 3 is 2.29 bits per heavy atom. The molecule has 0 saturated heterocycles. The average Bonchev–Trinajstić information content (AvgIpc) is 2.71. The Morgan fingerprint density at radius 2 is 1.68 bits per heavy atom. The molecule has 1 heterocycles. The highest BCUT2D eigenvalue weighted by molar-refractivity contribution is 7.92. The maximum atomic E-state index is 12.8. The molecule has 1 unspecified atom stereocenters. The number of nitrogens with zero attached hydrogens (tertiary/aromatic N) is 2. The Kier molecular flexibility index (Phi) is 5.99. The summed E-state index contributed by atoms with van der Waals surface area (Å²) in [5.41, 5.74) is 1.21. The maximum Gasteiger partial charge on any atom is 0.263 e. The molecular weight excluding hydrogens is 378 g/mol. The van der Waals surface area contributed by atoms with Crippen molar-refractivity contribution in [3.8, 4) is 11.6 Å². The highest BCUT2D eigenvalue weighted by atomic mass is 32.2. The number of nitrogens with one attached hydrogen (secondary N) is 1. The summed E-state index contributed by atoms with van der Waals surface area (Å²) in [7, 11) is -2.34. The van der Waals surface area contributed by atoms with Gasteiger partial charge in [-0.3, -0.25) is 4.72 Å². The van der Waals surface area contributed by atoms with Gasteiger partial charge in [-0.25, -0.2) is 18.4 Å². The number of benzene rings is 2. The van der Waals surface area contributed by atoms with Crippen LogP contribution < -0.4 is 14.2 Å². The minimum atomic E-state index is -3.86. The number of aromatic nitrogens is 2. The molecule has 148 valence electrons. The lowest BCUT2D eigenvalue weighted by molar-refractivity contribution is 0.249. The summed E-state index contributed by atoms with van der Waals surface area (Å²) in [6.07, 6.45) is 0.938. The average molecular weight is 401 g/mol. The molecular formula is C20H23N3O4S. The summed E-state index contributed by atoms with van der Waals surface area (Å²) < 4.78 is 39.0. The molecule has 3 rings (SSSR count). The first-order valence-electron chi connectivity index (χ1n) is 8.99. The zero-order valence-electron chi connectivity index (χ0n) is 16.0. The number of fused-ring (bicyclic) bond motifs is 1. The van der Waals surface area contributed by atoms with Gasteiger partial charge in [0, 0.05) is 0 Å². The van der Waals surface area contributed by atoms with Gasteiger partial charge in [0.2, 0.25) is 5.82 Å². The van der Waals surface area contributed by atoms with Gasteiger partial charge in [0.05, 0.1) is 29.6 Å². The first-order valence-corrected chi connectivity index (χ1v) is 10.5. The standard InChI is InChI=1S/C20H23N3O4S/c1-4-14(2)13-27-20-19(21-17-7-5-6-8-18(17)22-20)23-28(24,25)16-11-9-15(26-3)10-12-16/h5-12,14H,4,13H2,1-3H3,(H,21,23). The van der Waals surface area contributed by atoms with Gasteiger partial charge in [0.25, 0.3) is 15.9 Å². The lowest BCUT2D eigenvalue weighted by atomic mass is 10.1. The van der Waals surface area contributed by atoms with E-state index in [9.17, 15) is 8.42 Å². The van der Waals surface area contributed by atoms with E-state index in [1.807, 2.05) is 12.1 Å². The second-order valence-electron chi connectivity index (χ2n) is 6.47. The van der Waals surface area contributed by atoms with E-state index in [1.165, 1.54) is 19.2 Å². The van der Waals surface area contributed by atoms with Crippen LogP contribution in [0.3, 0.4) is 0 Å². The Labute approximate surface area is 164 Å². The summed E-state index contributed by atoms with van der Waals surface area (Å²) in [6, 6.07) is 13.3. The Bertz CT molecular complexity index is 1050. The molecule has 0 fully saturated rings. The molecule has 1 atom stereocenters. The van der Waals surface area contributed by atoms with Crippen molar-refractivity contribution >= 4 is 26.9 Å². The van der Waals surface area contributed by atoms with Crippen LogP contribution in [-0.2, 0) is 10.0 Å². The largest absolute Gasteiger partial charge is 0.497 e. The number of rotatable bonds is 8. The number of ether oxygens (including phenoxy) is 2. The van der Waals surface area contributed by atoms with Crippen molar-refractivity contribution in [3.63, 3.8) is 0 Å². The van der Waals surface area contributed by atoms with Crippen LogP contribution in [0.2, 0.25) is 0 Å². The molecule has 0 bridgehead atoms. The van der Waals surface area contributed by atoms with Crippen LogP contribution in [0.4, 0.5) is 5.82 Å². The maximum absolute atomic E-state index is 12.8. The second kappa shape index (κ2) is 8.43. The predicted molar refractivity (Wildman–Crippen MR) is 108 cm³/mol. The van der Waals surface area contributed by atoms with Crippen LogP contribution in [0.1, 0.15) is 20.3 Å². The molecule has 28 heavy (non-hydrogen) atoms. The van der Waals surface area contributed by atoms with Crippen molar-refractivity contribution in [3.05, 3.63) is 48.5 Å². The monoisotopic (exact) mass is 401 g/mol. The van der Waals surface area contributed by atoms with Gasteiger partial charge in [-0.05, 0) is 42.3 Å². The number of para-hydroxylation sites is 2. The molecule has 2 aromatic carbocycles. The number of hydrogen-bond donors (Lipinski definition) is 1.